The van der Waals surface area contributed by atoms with Crippen molar-refractivity contribution in [3.63, 3.8) is 0 Å². The van der Waals surface area contributed by atoms with Crippen molar-refractivity contribution in [3.8, 4) is 5.75 Å². The highest BCUT2D eigenvalue weighted by Crippen LogP contribution is 2.37. The molecule has 0 atom stereocenters. The first-order valence-electron chi connectivity index (χ1n) is 12.2. The lowest BCUT2D eigenvalue weighted by Crippen LogP contribution is -2.11. The van der Waals surface area contributed by atoms with E-state index in [-0.39, 0.29) is 11.7 Å². The number of benzene rings is 4. The number of carbonyl (C=O) groups is 1. The number of azo groups is 1. The maximum absolute atomic E-state index is 12.4. The van der Waals surface area contributed by atoms with Gasteiger partial charge in [-0.1, -0.05) is 49.4 Å². The first kappa shape index (κ1) is 26.0. The Bertz CT molecular complexity index is 1400. The minimum absolute atomic E-state index is 0.147. The fourth-order valence-corrected chi connectivity index (χ4v) is 4.63. The molecule has 4 N–H and O–H groups in total. The Labute approximate surface area is 221 Å². The quantitative estimate of drug-likeness (QED) is 0.155. The molecule has 0 aliphatic rings. The molecule has 188 valence electrons. The maximum Gasteiger partial charge on any atom is 0.255 e. The molecule has 4 rings (SSSR count). The number of nitrogens with zero attached hydrogens (tertiary/aromatic N) is 2. The van der Waals surface area contributed by atoms with Gasteiger partial charge >= 0.3 is 0 Å². The van der Waals surface area contributed by atoms with Crippen LogP contribution in [0.3, 0.4) is 0 Å². The molecule has 0 aliphatic carbocycles. The van der Waals surface area contributed by atoms with Crippen molar-refractivity contribution in [1.82, 2.24) is 0 Å². The molecule has 0 saturated heterocycles. The van der Waals surface area contributed by atoms with Crippen LogP contribution in [0.5, 0.6) is 5.75 Å². The second-order valence-corrected chi connectivity index (χ2v) is 9.91. The molecule has 4 aromatic rings. The van der Waals surface area contributed by atoms with Crippen LogP contribution in [0.25, 0.3) is 0 Å². The Morgan fingerprint density at radius 1 is 0.919 bits per heavy atom. The molecule has 1 amide bonds. The minimum atomic E-state index is -0.147. The fraction of sp³-hybridized carbons (Fsp3) is 0.167. The predicted molar refractivity (Wildman–Crippen MR) is 151 cm³/mol. The number of aryl methyl sites for hydroxylation is 2. The molecule has 37 heavy (non-hydrogen) atoms. The summed E-state index contributed by atoms with van der Waals surface area (Å²) in [7, 11) is 0. The van der Waals surface area contributed by atoms with E-state index in [2.05, 4.69) is 22.5 Å². The number of hydrogen-bond donors (Lipinski definition) is 3. The monoisotopic (exact) mass is 510 g/mol. The number of unbranched alkanes of at least 4 members (excludes halogenated alkanes) is 1. The van der Waals surface area contributed by atoms with Gasteiger partial charge in [0.15, 0.2) is 0 Å². The SMILES string of the molecule is CCCCc1cc(C)cc(N=Nc2cc(Sc3ccc(NC(=O)c4ccccc4)cc3)ccc2N)c1O. The van der Waals surface area contributed by atoms with Crippen LogP contribution in [0.1, 0.15) is 41.3 Å². The fourth-order valence-electron chi connectivity index (χ4n) is 3.78. The lowest BCUT2D eigenvalue weighted by molar-refractivity contribution is 0.102. The van der Waals surface area contributed by atoms with Crippen molar-refractivity contribution in [1.29, 1.82) is 0 Å². The average Bonchev–Trinajstić information content (AvgIpc) is 2.91. The van der Waals surface area contributed by atoms with Crippen LogP contribution < -0.4 is 11.1 Å². The molecule has 0 fully saturated rings. The van der Waals surface area contributed by atoms with Crippen molar-refractivity contribution in [2.24, 2.45) is 10.2 Å². The van der Waals surface area contributed by atoms with E-state index >= 15 is 0 Å². The Hall–Kier alpha value is -4.10. The molecule has 0 radical (unpaired) electrons. The molecule has 0 heterocycles. The molecule has 0 aromatic heterocycles. The minimum Gasteiger partial charge on any atom is -0.505 e. The van der Waals surface area contributed by atoms with Gasteiger partial charge in [0.05, 0.1) is 5.69 Å². The van der Waals surface area contributed by atoms with Gasteiger partial charge in [0, 0.05) is 21.0 Å². The van der Waals surface area contributed by atoms with Gasteiger partial charge in [-0.25, -0.2) is 0 Å². The average molecular weight is 511 g/mol. The topological polar surface area (TPSA) is 100 Å². The zero-order valence-corrected chi connectivity index (χ0v) is 21.8. The number of nitrogens with two attached hydrogens (primary N) is 1. The molecule has 7 heteroatoms. The lowest BCUT2D eigenvalue weighted by atomic mass is 10.0. The van der Waals surface area contributed by atoms with Gasteiger partial charge in [0.1, 0.15) is 17.1 Å². The summed E-state index contributed by atoms with van der Waals surface area (Å²) in [5, 5.41) is 22.3. The molecular weight excluding hydrogens is 480 g/mol. The van der Waals surface area contributed by atoms with E-state index in [0.717, 1.165) is 45.9 Å². The molecule has 0 bridgehead atoms. The first-order valence-corrected chi connectivity index (χ1v) is 13.0. The lowest BCUT2D eigenvalue weighted by Gasteiger charge is -2.09. The molecule has 0 unspecified atom stereocenters. The largest absolute Gasteiger partial charge is 0.505 e. The van der Waals surface area contributed by atoms with Gasteiger partial charge in [-0.3, -0.25) is 4.79 Å². The number of rotatable bonds is 9. The van der Waals surface area contributed by atoms with Crippen LogP contribution in [0.15, 0.2) is 105 Å². The van der Waals surface area contributed by atoms with Crippen LogP contribution in [0.4, 0.5) is 22.7 Å². The standard InChI is InChI=1S/C30H30N4O2S/c1-3-4-8-22-17-20(2)18-28(29(22)35)34-33-27-19-25(15-16-26(27)31)37-24-13-11-23(12-14-24)32-30(36)21-9-6-5-7-10-21/h5-7,9-19,35H,3-4,8,31H2,1-2H3,(H,32,36). The summed E-state index contributed by atoms with van der Waals surface area (Å²) in [5.74, 6) is 0.0259. The third-order valence-electron chi connectivity index (χ3n) is 5.76. The van der Waals surface area contributed by atoms with Crippen LogP contribution >= 0.6 is 11.8 Å². The highest BCUT2D eigenvalue weighted by Gasteiger charge is 2.10. The van der Waals surface area contributed by atoms with Crippen LogP contribution in [0.2, 0.25) is 0 Å². The Morgan fingerprint density at radius 3 is 2.35 bits per heavy atom. The number of phenols is 1. The Morgan fingerprint density at radius 2 is 1.62 bits per heavy atom. The smallest absolute Gasteiger partial charge is 0.255 e. The molecule has 0 aliphatic heterocycles. The van der Waals surface area contributed by atoms with Gasteiger partial charge in [0.25, 0.3) is 5.91 Å². The van der Waals surface area contributed by atoms with Crippen LogP contribution in [-0.2, 0) is 6.42 Å². The molecule has 0 spiro atoms. The van der Waals surface area contributed by atoms with E-state index < -0.39 is 0 Å². The maximum atomic E-state index is 12.4. The summed E-state index contributed by atoms with van der Waals surface area (Å²) in [4.78, 5) is 14.3. The second kappa shape index (κ2) is 12.2. The molecule has 6 nitrogen and oxygen atoms in total. The zero-order chi connectivity index (χ0) is 26.2. The predicted octanol–water partition coefficient (Wildman–Crippen LogP) is 8.44. The van der Waals surface area contributed by atoms with Gasteiger partial charge in [0.2, 0.25) is 0 Å². The summed E-state index contributed by atoms with van der Waals surface area (Å²) in [6, 6.07) is 26.2. The highest BCUT2D eigenvalue weighted by atomic mass is 32.2. The number of phenolic OH excluding ortho intramolecular Hbond substituents is 1. The van der Waals surface area contributed by atoms with E-state index in [1.54, 1.807) is 30.0 Å². The number of amides is 1. The first-order chi connectivity index (χ1) is 17.9. The number of anilines is 2. The molecular formula is C30H30N4O2S. The van der Waals surface area contributed by atoms with E-state index in [1.807, 2.05) is 73.7 Å². The van der Waals surface area contributed by atoms with Crippen molar-refractivity contribution >= 4 is 40.4 Å². The number of nitrogens with one attached hydrogen (secondary N) is 1. The van der Waals surface area contributed by atoms with Crippen molar-refractivity contribution < 1.29 is 9.90 Å². The zero-order valence-electron chi connectivity index (χ0n) is 20.9. The summed E-state index contributed by atoms with van der Waals surface area (Å²) in [6.45, 7) is 4.11. The number of hydrogen-bond acceptors (Lipinski definition) is 6. The van der Waals surface area contributed by atoms with Crippen LogP contribution in [0, 0.1) is 6.92 Å². The Kier molecular flexibility index (Phi) is 8.59. The van der Waals surface area contributed by atoms with Gasteiger partial charge < -0.3 is 16.2 Å². The van der Waals surface area contributed by atoms with Gasteiger partial charge in [-0.2, -0.15) is 0 Å². The molecule has 0 saturated carbocycles. The summed E-state index contributed by atoms with van der Waals surface area (Å²) >= 11 is 1.55. The number of aromatic hydroxyl groups is 1. The van der Waals surface area contributed by atoms with Crippen LogP contribution in [-0.4, -0.2) is 11.0 Å². The van der Waals surface area contributed by atoms with Gasteiger partial charge in [-0.05, 0) is 91.6 Å². The Balaban J connectivity index is 1.46. The summed E-state index contributed by atoms with van der Waals surface area (Å²) in [6.07, 6.45) is 2.85. The summed E-state index contributed by atoms with van der Waals surface area (Å²) < 4.78 is 0. The normalized spacial score (nSPS) is 11.1. The van der Waals surface area contributed by atoms with E-state index in [0.29, 0.717) is 22.6 Å². The van der Waals surface area contributed by atoms with Crippen molar-refractivity contribution in [3.05, 3.63) is 102 Å². The van der Waals surface area contributed by atoms with Crippen molar-refractivity contribution in [2.75, 3.05) is 11.1 Å². The van der Waals surface area contributed by atoms with E-state index in [9.17, 15) is 9.90 Å². The highest BCUT2D eigenvalue weighted by molar-refractivity contribution is 7.99. The number of carbonyl (C=O) groups excluding carboxylic acids is 1. The third-order valence-corrected chi connectivity index (χ3v) is 6.76. The molecule has 4 aromatic carbocycles. The second-order valence-electron chi connectivity index (χ2n) is 8.76. The van der Waals surface area contributed by atoms with Gasteiger partial charge in [-0.15, -0.1) is 10.2 Å². The van der Waals surface area contributed by atoms with Crippen molar-refractivity contribution in [2.45, 2.75) is 42.9 Å². The third kappa shape index (κ3) is 6.98. The van der Waals surface area contributed by atoms with E-state index in [4.69, 9.17) is 5.73 Å². The number of nitrogen functional groups attached to an aromatic ring is 1. The van der Waals surface area contributed by atoms with E-state index in [1.165, 1.54) is 0 Å². The summed E-state index contributed by atoms with van der Waals surface area (Å²) in [5.41, 5.74) is 10.9.